The van der Waals surface area contributed by atoms with E-state index in [0.29, 0.717) is 66.3 Å². The molecular formula is C46H52N6O7. The van der Waals surface area contributed by atoms with Gasteiger partial charge >= 0.3 is 0 Å². The van der Waals surface area contributed by atoms with E-state index in [1.165, 1.54) is 0 Å². The van der Waals surface area contributed by atoms with E-state index < -0.39 is 35.7 Å². The van der Waals surface area contributed by atoms with Gasteiger partial charge < -0.3 is 20.6 Å². The first-order valence-corrected chi connectivity index (χ1v) is 20.6. The number of fused-ring (bicyclic) bond motifs is 2. The van der Waals surface area contributed by atoms with Gasteiger partial charge in [0.25, 0.3) is 17.7 Å². The summed E-state index contributed by atoms with van der Waals surface area (Å²) in [4.78, 5) is 85.3. The molecule has 0 radical (unpaired) electrons. The van der Waals surface area contributed by atoms with Crippen molar-refractivity contribution in [1.82, 2.24) is 25.4 Å². The lowest BCUT2D eigenvalue weighted by atomic mass is 9.81. The molecule has 2 unspecified atom stereocenters. The number of piperidine rings is 2. The second kappa shape index (κ2) is 17.0. The number of hydrogen-bond acceptors (Lipinski definition) is 9. The Morgan fingerprint density at radius 2 is 1.73 bits per heavy atom. The predicted octanol–water partition coefficient (Wildman–Crippen LogP) is 6.39. The van der Waals surface area contributed by atoms with Crippen LogP contribution in [-0.2, 0) is 19.8 Å². The molecule has 13 heteroatoms. The minimum absolute atomic E-state index is 0.00269. The Morgan fingerprint density at radius 3 is 2.46 bits per heavy atom. The van der Waals surface area contributed by atoms with Crippen LogP contribution in [0.4, 0.5) is 5.69 Å². The Bertz CT molecular complexity index is 2330. The summed E-state index contributed by atoms with van der Waals surface area (Å²) in [5.74, 6) is -1.98. The van der Waals surface area contributed by atoms with Crippen LogP contribution in [0, 0.1) is 5.92 Å². The summed E-state index contributed by atoms with van der Waals surface area (Å²) >= 11 is 0. The molecule has 2 fully saturated rings. The maximum Gasteiger partial charge on any atom is 0.264 e. The van der Waals surface area contributed by atoms with Crippen molar-refractivity contribution in [2.24, 2.45) is 5.92 Å². The van der Waals surface area contributed by atoms with Crippen molar-refractivity contribution >= 4 is 52.0 Å². The van der Waals surface area contributed by atoms with E-state index in [9.17, 15) is 33.9 Å². The van der Waals surface area contributed by atoms with E-state index in [0.717, 1.165) is 41.5 Å². The number of nitrogens with one attached hydrogen (secondary N) is 3. The predicted molar refractivity (Wildman–Crippen MR) is 223 cm³/mol. The molecule has 3 aliphatic heterocycles. The topological polar surface area (TPSA) is 178 Å². The van der Waals surface area contributed by atoms with Crippen molar-refractivity contribution in [1.29, 1.82) is 0 Å². The number of aromatic nitrogens is 1. The molecule has 3 aromatic carbocycles. The third-order valence-electron chi connectivity index (χ3n) is 11.7. The summed E-state index contributed by atoms with van der Waals surface area (Å²) in [7, 11) is 0. The number of benzene rings is 3. The van der Waals surface area contributed by atoms with Crippen LogP contribution < -0.4 is 16.0 Å². The fraction of sp³-hybridized carbons (Fsp3) is 0.413. The summed E-state index contributed by atoms with van der Waals surface area (Å²) in [5.41, 5.74) is 3.91. The summed E-state index contributed by atoms with van der Waals surface area (Å²) in [5, 5.41) is 21.2. The Labute approximate surface area is 343 Å². The van der Waals surface area contributed by atoms with Gasteiger partial charge in [-0.3, -0.25) is 44.0 Å². The van der Waals surface area contributed by atoms with E-state index in [2.05, 4.69) is 41.7 Å². The van der Waals surface area contributed by atoms with Gasteiger partial charge in [-0.15, -0.1) is 0 Å². The molecule has 4 heterocycles. The average Bonchev–Trinajstić information content (AvgIpc) is 3.47. The molecule has 0 saturated carbocycles. The van der Waals surface area contributed by atoms with Crippen LogP contribution in [0.3, 0.4) is 0 Å². The molecule has 2 saturated heterocycles. The summed E-state index contributed by atoms with van der Waals surface area (Å²) in [6, 6.07) is 16.4. The Hall–Kier alpha value is -6.11. The second-order valence-electron chi connectivity index (χ2n) is 16.9. The first-order valence-electron chi connectivity index (χ1n) is 20.6. The summed E-state index contributed by atoms with van der Waals surface area (Å²) < 4.78 is 0. The van der Waals surface area contributed by atoms with E-state index in [4.69, 9.17) is 0 Å². The number of anilines is 1. The van der Waals surface area contributed by atoms with Gasteiger partial charge in [0.1, 0.15) is 17.3 Å². The first kappa shape index (κ1) is 41.1. The van der Waals surface area contributed by atoms with Crippen LogP contribution in [0.1, 0.15) is 133 Å². The minimum atomic E-state index is -1.02. The lowest BCUT2D eigenvalue weighted by Crippen LogP contribution is -2.54. The van der Waals surface area contributed by atoms with E-state index in [-0.39, 0.29) is 46.9 Å². The lowest BCUT2D eigenvalue weighted by molar-refractivity contribution is -0.136. The number of carbonyl (C=O) groups is 6. The highest BCUT2D eigenvalue weighted by Crippen LogP contribution is 2.41. The molecule has 3 aliphatic rings. The number of nitrogens with zero attached hydrogens (tertiary/aromatic N) is 3. The van der Waals surface area contributed by atoms with Gasteiger partial charge in [0.15, 0.2) is 0 Å². The van der Waals surface area contributed by atoms with Crippen molar-refractivity contribution in [2.45, 2.75) is 96.6 Å². The Balaban J connectivity index is 0.984. The van der Waals surface area contributed by atoms with Gasteiger partial charge in [-0.1, -0.05) is 52.0 Å². The third kappa shape index (κ3) is 8.41. The normalized spacial score (nSPS) is 17.9. The van der Waals surface area contributed by atoms with Crippen molar-refractivity contribution in [3.8, 4) is 5.75 Å². The number of phenols is 1. The quantitative estimate of drug-likeness (QED) is 0.0934. The third-order valence-corrected chi connectivity index (χ3v) is 11.7. The van der Waals surface area contributed by atoms with Crippen molar-refractivity contribution in [2.75, 3.05) is 25.0 Å². The smallest absolute Gasteiger partial charge is 0.264 e. The van der Waals surface area contributed by atoms with Gasteiger partial charge in [-0.2, -0.15) is 0 Å². The second-order valence-corrected chi connectivity index (χ2v) is 16.9. The molecule has 0 aliphatic carbocycles. The molecule has 4 aromatic rings. The fourth-order valence-electron chi connectivity index (χ4n) is 8.63. The van der Waals surface area contributed by atoms with Crippen LogP contribution in [0.5, 0.6) is 5.75 Å². The van der Waals surface area contributed by atoms with Gasteiger partial charge in [-0.05, 0) is 97.4 Å². The molecule has 0 spiro atoms. The zero-order valence-corrected chi connectivity index (χ0v) is 34.1. The summed E-state index contributed by atoms with van der Waals surface area (Å²) in [6.45, 7) is 10.0. The Morgan fingerprint density at radius 1 is 0.966 bits per heavy atom. The average molecular weight is 801 g/mol. The zero-order valence-electron chi connectivity index (χ0n) is 34.1. The van der Waals surface area contributed by atoms with Crippen molar-refractivity contribution in [3.05, 3.63) is 100 Å². The first-order chi connectivity index (χ1) is 28.3. The largest absolute Gasteiger partial charge is 0.505 e. The van der Waals surface area contributed by atoms with Gasteiger partial charge in [0, 0.05) is 60.9 Å². The molecule has 2 atom stereocenters. The molecule has 4 N–H and O–H groups in total. The van der Waals surface area contributed by atoms with Gasteiger partial charge in [-0.25, -0.2) is 0 Å². The van der Waals surface area contributed by atoms with Crippen LogP contribution in [0.25, 0.3) is 10.9 Å². The number of pyridine rings is 1. The number of phenolic OH excluding ortho intramolecular Hbond substituents is 1. The molecule has 7 rings (SSSR count). The van der Waals surface area contributed by atoms with Crippen molar-refractivity contribution in [3.63, 3.8) is 0 Å². The fourth-order valence-corrected chi connectivity index (χ4v) is 8.63. The standard InChI is InChI=1S/C46H52N6O7/c1-5-10-36(53)49-39(32-26-33(46(2,3)4)30-15-9-22-48-40(30)41(32)55)28-12-6-13-29(25-28)43(57)51-23-19-27(20-24-51)11-8-21-47-34-16-7-14-31-38(34)45(59)52(44(31)58)35-17-18-37(54)50-42(35)56/h6-7,9,12-16,22,25-27,35,39,47,55H,5,8,10-11,17-21,23-24H2,1-4H3,(H,49,53)(H,50,54,56). The van der Waals surface area contributed by atoms with Gasteiger partial charge in [0.05, 0.1) is 17.2 Å². The molecule has 308 valence electrons. The highest BCUT2D eigenvalue weighted by Gasteiger charge is 2.45. The van der Waals surface area contributed by atoms with Crippen molar-refractivity contribution < 1.29 is 33.9 Å². The van der Waals surface area contributed by atoms with E-state index >= 15 is 0 Å². The zero-order chi connectivity index (χ0) is 42.0. The number of amides is 6. The highest BCUT2D eigenvalue weighted by atomic mass is 16.3. The van der Waals surface area contributed by atoms with Crippen LogP contribution in [-0.4, -0.2) is 81.0 Å². The number of likely N-dealkylation sites (tertiary alicyclic amines) is 1. The number of aromatic hydroxyl groups is 1. The van der Waals surface area contributed by atoms with Crippen LogP contribution in [0.2, 0.25) is 0 Å². The maximum absolute atomic E-state index is 14.0. The highest BCUT2D eigenvalue weighted by molar-refractivity contribution is 6.25. The number of imide groups is 2. The monoisotopic (exact) mass is 800 g/mol. The summed E-state index contributed by atoms with van der Waals surface area (Å²) in [6.07, 6.45) is 6.18. The molecule has 1 aromatic heterocycles. The Kier molecular flexibility index (Phi) is 11.8. The molecule has 59 heavy (non-hydrogen) atoms. The lowest BCUT2D eigenvalue weighted by Gasteiger charge is -2.32. The van der Waals surface area contributed by atoms with Crippen LogP contribution >= 0.6 is 0 Å². The number of carbonyl (C=O) groups excluding carboxylic acids is 6. The number of hydrogen-bond donors (Lipinski definition) is 4. The molecular weight excluding hydrogens is 749 g/mol. The number of rotatable bonds is 12. The van der Waals surface area contributed by atoms with E-state index in [1.54, 1.807) is 30.5 Å². The maximum atomic E-state index is 14.0. The molecule has 0 bridgehead atoms. The minimum Gasteiger partial charge on any atom is -0.505 e. The van der Waals surface area contributed by atoms with Gasteiger partial charge in [0.2, 0.25) is 17.7 Å². The molecule has 6 amide bonds. The van der Waals surface area contributed by atoms with E-state index in [1.807, 2.05) is 48.2 Å². The van der Waals surface area contributed by atoms with Crippen LogP contribution in [0.15, 0.2) is 66.9 Å². The molecule has 13 nitrogen and oxygen atoms in total. The SMILES string of the molecule is CCCC(=O)NC(c1cccc(C(=O)N2CCC(CCCNc3cccc4c3C(=O)N(C3CCC(=O)NC3=O)C4=O)CC2)c1)c1cc(C(C)(C)C)c2cccnc2c1O.